The van der Waals surface area contributed by atoms with E-state index in [1.165, 1.54) is 12.1 Å². The number of hydrogen-bond acceptors (Lipinski definition) is 4. The molecular formula is C12H10F4N2O3. The molecule has 1 aromatic carbocycles. The summed E-state index contributed by atoms with van der Waals surface area (Å²) >= 11 is 0. The number of ether oxygens (including phenoxy) is 1. The second-order valence-electron chi connectivity index (χ2n) is 3.96. The smallest absolute Gasteiger partial charge is 0.485 e. The summed E-state index contributed by atoms with van der Waals surface area (Å²) in [6, 6.07) is 6.09. The van der Waals surface area contributed by atoms with Gasteiger partial charge < -0.3 is 15.2 Å². The molecule has 5 nitrogen and oxygen atoms in total. The lowest BCUT2D eigenvalue weighted by molar-refractivity contribution is -0.192. The molecule has 0 radical (unpaired) electrons. The highest BCUT2D eigenvalue weighted by atomic mass is 19.4. The van der Waals surface area contributed by atoms with E-state index in [2.05, 4.69) is 5.32 Å². The Morgan fingerprint density at radius 1 is 1.43 bits per heavy atom. The average molecular weight is 306 g/mol. The van der Waals surface area contributed by atoms with E-state index in [1.807, 2.05) is 6.07 Å². The highest BCUT2D eigenvalue weighted by Gasteiger charge is 2.38. The Kier molecular flexibility index (Phi) is 5.49. The van der Waals surface area contributed by atoms with Gasteiger partial charge in [-0.05, 0) is 18.2 Å². The van der Waals surface area contributed by atoms with Crippen LogP contribution in [0.25, 0.3) is 0 Å². The zero-order valence-corrected chi connectivity index (χ0v) is 10.4. The molecule has 0 spiro atoms. The number of aliphatic carboxylic acids is 1. The second-order valence-corrected chi connectivity index (χ2v) is 3.96. The normalized spacial score (nSPS) is 14.2. The lowest BCUT2D eigenvalue weighted by Gasteiger charge is -2.27. The van der Waals surface area contributed by atoms with E-state index in [9.17, 15) is 17.6 Å². The molecule has 2 rings (SSSR count). The fourth-order valence-corrected chi connectivity index (χ4v) is 1.19. The van der Waals surface area contributed by atoms with Crippen LogP contribution in [0.2, 0.25) is 0 Å². The van der Waals surface area contributed by atoms with Gasteiger partial charge in [-0.25, -0.2) is 9.18 Å². The first-order valence-electron chi connectivity index (χ1n) is 5.61. The van der Waals surface area contributed by atoms with Crippen molar-refractivity contribution in [2.75, 3.05) is 13.1 Å². The van der Waals surface area contributed by atoms with Crippen LogP contribution >= 0.6 is 0 Å². The number of carboxylic acid groups (broad SMARTS) is 1. The summed E-state index contributed by atoms with van der Waals surface area (Å²) in [4.78, 5) is 8.90. The van der Waals surface area contributed by atoms with Crippen LogP contribution in [-0.2, 0) is 4.79 Å². The summed E-state index contributed by atoms with van der Waals surface area (Å²) in [5.41, 5.74) is 0.307. The predicted octanol–water partition coefficient (Wildman–Crippen LogP) is 1.68. The molecule has 0 aliphatic carbocycles. The molecule has 9 heteroatoms. The van der Waals surface area contributed by atoms with Gasteiger partial charge in [0.05, 0.1) is 11.6 Å². The predicted molar refractivity (Wildman–Crippen MR) is 62.1 cm³/mol. The van der Waals surface area contributed by atoms with E-state index in [0.717, 1.165) is 13.1 Å². The number of alkyl halides is 3. The molecular weight excluding hydrogens is 296 g/mol. The van der Waals surface area contributed by atoms with Crippen LogP contribution in [0.1, 0.15) is 5.56 Å². The summed E-state index contributed by atoms with van der Waals surface area (Å²) in [5, 5.41) is 18.7. The first kappa shape index (κ1) is 16.7. The standard InChI is InChI=1S/C10H9FN2O.C2HF3O2/c11-9-3-7(4-12)1-2-10(9)14-8-5-13-6-8;3-2(4,5)1(6)7/h1-3,8,13H,5-6H2;(H,6,7). The van der Waals surface area contributed by atoms with Crippen molar-refractivity contribution in [2.24, 2.45) is 0 Å². The number of rotatable bonds is 2. The van der Waals surface area contributed by atoms with Crippen molar-refractivity contribution in [2.45, 2.75) is 12.3 Å². The van der Waals surface area contributed by atoms with Gasteiger partial charge in [0.2, 0.25) is 0 Å². The largest absolute Gasteiger partial charge is 0.490 e. The maximum atomic E-state index is 13.3. The van der Waals surface area contributed by atoms with Crippen LogP contribution in [0.5, 0.6) is 5.75 Å². The van der Waals surface area contributed by atoms with Crippen LogP contribution in [0.3, 0.4) is 0 Å². The van der Waals surface area contributed by atoms with E-state index in [4.69, 9.17) is 19.9 Å². The molecule has 1 aromatic rings. The fourth-order valence-electron chi connectivity index (χ4n) is 1.19. The minimum absolute atomic E-state index is 0.0532. The molecule has 0 saturated carbocycles. The molecule has 0 bridgehead atoms. The van der Waals surface area contributed by atoms with E-state index in [-0.39, 0.29) is 11.9 Å². The van der Waals surface area contributed by atoms with Gasteiger partial charge in [0.15, 0.2) is 11.6 Å². The van der Waals surface area contributed by atoms with Gasteiger partial charge in [-0.1, -0.05) is 0 Å². The molecule has 1 heterocycles. The third-order valence-electron chi connectivity index (χ3n) is 2.34. The zero-order valence-electron chi connectivity index (χ0n) is 10.4. The summed E-state index contributed by atoms with van der Waals surface area (Å²) in [7, 11) is 0. The molecule has 1 aliphatic heterocycles. The third kappa shape index (κ3) is 5.27. The molecule has 1 fully saturated rings. The average Bonchev–Trinajstić information content (AvgIpc) is 2.34. The van der Waals surface area contributed by atoms with Crippen molar-refractivity contribution >= 4 is 5.97 Å². The summed E-state index contributed by atoms with van der Waals surface area (Å²) in [6.07, 6.45) is -5.03. The molecule has 114 valence electrons. The molecule has 2 N–H and O–H groups in total. The lowest BCUT2D eigenvalue weighted by atomic mass is 10.2. The van der Waals surface area contributed by atoms with Gasteiger partial charge in [0.1, 0.15) is 6.10 Å². The number of halogens is 4. The van der Waals surface area contributed by atoms with E-state index in [1.54, 1.807) is 6.07 Å². The van der Waals surface area contributed by atoms with Crippen molar-refractivity contribution < 1.29 is 32.2 Å². The van der Waals surface area contributed by atoms with Crippen LogP contribution in [0.15, 0.2) is 18.2 Å². The third-order valence-corrected chi connectivity index (χ3v) is 2.34. The van der Waals surface area contributed by atoms with Gasteiger partial charge in [0.25, 0.3) is 0 Å². The van der Waals surface area contributed by atoms with Crippen LogP contribution in [-0.4, -0.2) is 36.4 Å². The van der Waals surface area contributed by atoms with Crippen molar-refractivity contribution in [3.63, 3.8) is 0 Å². The number of carboxylic acids is 1. The molecule has 0 unspecified atom stereocenters. The summed E-state index contributed by atoms with van der Waals surface area (Å²) in [5.74, 6) is -3.01. The van der Waals surface area contributed by atoms with Crippen LogP contribution < -0.4 is 10.1 Å². The molecule has 0 atom stereocenters. The van der Waals surface area contributed by atoms with E-state index in [0.29, 0.717) is 5.56 Å². The van der Waals surface area contributed by atoms with Gasteiger partial charge in [-0.15, -0.1) is 0 Å². The van der Waals surface area contributed by atoms with Gasteiger partial charge in [-0.2, -0.15) is 18.4 Å². The topological polar surface area (TPSA) is 82.3 Å². The van der Waals surface area contributed by atoms with E-state index >= 15 is 0 Å². The van der Waals surface area contributed by atoms with Crippen LogP contribution in [0, 0.1) is 17.1 Å². The molecule has 1 aliphatic rings. The van der Waals surface area contributed by atoms with Crippen LogP contribution in [0.4, 0.5) is 17.6 Å². The number of benzene rings is 1. The van der Waals surface area contributed by atoms with Crippen molar-refractivity contribution in [3.8, 4) is 11.8 Å². The molecule has 0 aromatic heterocycles. The number of nitrogens with zero attached hydrogens (tertiary/aromatic N) is 1. The Morgan fingerprint density at radius 3 is 2.33 bits per heavy atom. The summed E-state index contributed by atoms with van der Waals surface area (Å²) in [6.45, 7) is 1.50. The Balaban J connectivity index is 0.000000270. The monoisotopic (exact) mass is 306 g/mol. The minimum Gasteiger partial charge on any atom is -0.485 e. The lowest BCUT2D eigenvalue weighted by Crippen LogP contribution is -2.50. The maximum Gasteiger partial charge on any atom is 0.490 e. The summed E-state index contributed by atoms with van der Waals surface area (Å²) < 4.78 is 50.3. The SMILES string of the molecule is N#Cc1ccc(OC2CNC2)c(F)c1.O=C(O)C(F)(F)F. The maximum absolute atomic E-state index is 13.3. The first-order chi connectivity index (χ1) is 9.74. The van der Waals surface area contributed by atoms with Crippen molar-refractivity contribution in [1.29, 1.82) is 5.26 Å². The molecule has 21 heavy (non-hydrogen) atoms. The van der Waals surface area contributed by atoms with Gasteiger partial charge in [-0.3, -0.25) is 0 Å². The Bertz CT molecular complexity index is 550. The minimum atomic E-state index is -5.08. The zero-order chi connectivity index (χ0) is 16.0. The number of hydrogen-bond donors (Lipinski definition) is 2. The highest BCUT2D eigenvalue weighted by Crippen LogP contribution is 2.20. The van der Waals surface area contributed by atoms with E-state index < -0.39 is 18.0 Å². The Hall–Kier alpha value is -2.34. The van der Waals surface area contributed by atoms with Crippen molar-refractivity contribution in [3.05, 3.63) is 29.6 Å². The fraction of sp³-hybridized carbons (Fsp3) is 0.333. The molecule has 0 amide bonds. The number of carbonyl (C=O) groups is 1. The Morgan fingerprint density at radius 2 is 2.00 bits per heavy atom. The van der Waals surface area contributed by atoms with Gasteiger partial charge in [0, 0.05) is 13.1 Å². The second kappa shape index (κ2) is 6.90. The number of nitrogens with one attached hydrogen (secondary N) is 1. The Labute approximate surface area is 116 Å². The number of nitriles is 1. The first-order valence-corrected chi connectivity index (χ1v) is 5.61. The quantitative estimate of drug-likeness (QED) is 0.812. The highest BCUT2D eigenvalue weighted by molar-refractivity contribution is 5.73. The van der Waals surface area contributed by atoms with Crippen molar-refractivity contribution in [1.82, 2.24) is 5.32 Å². The molecule has 1 saturated heterocycles. The van der Waals surface area contributed by atoms with Gasteiger partial charge >= 0.3 is 12.1 Å².